The Hall–Kier alpha value is -1.22. The quantitative estimate of drug-likeness (QED) is 0.725. The lowest BCUT2D eigenvalue weighted by molar-refractivity contribution is 0.407. The molecule has 0 radical (unpaired) electrons. The molecule has 16 heavy (non-hydrogen) atoms. The number of anilines is 1. The van der Waals surface area contributed by atoms with Crippen LogP contribution in [-0.2, 0) is 0 Å². The molecule has 0 amide bonds. The van der Waals surface area contributed by atoms with Gasteiger partial charge in [0, 0.05) is 18.8 Å². The molecule has 3 nitrogen and oxygen atoms in total. The monoisotopic (exact) mass is 222 g/mol. The van der Waals surface area contributed by atoms with Gasteiger partial charge in [0.1, 0.15) is 5.75 Å². The Morgan fingerprint density at radius 2 is 2.00 bits per heavy atom. The lowest BCUT2D eigenvalue weighted by Crippen LogP contribution is -2.17. The number of likely N-dealkylation sites (N-methyl/N-ethyl adjacent to an activating group) is 1. The summed E-state index contributed by atoms with van der Waals surface area (Å²) in [7, 11) is 3.67. The first-order chi connectivity index (χ1) is 7.69. The summed E-state index contributed by atoms with van der Waals surface area (Å²) in [5.74, 6) is 1.44. The third-order valence-corrected chi connectivity index (χ3v) is 2.56. The van der Waals surface area contributed by atoms with Crippen molar-refractivity contribution < 1.29 is 4.74 Å². The molecule has 1 aromatic carbocycles. The van der Waals surface area contributed by atoms with Crippen LogP contribution in [0.2, 0.25) is 0 Å². The summed E-state index contributed by atoms with van der Waals surface area (Å²) in [6, 6.07) is 6.25. The number of rotatable bonds is 6. The summed E-state index contributed by atoms with van der Waals surface area (Å²) in [6.07, 6.45) is 0. The minimum Gasteiger partial charge on any atom is -0.496 e. The van der Waals surface area contributed by atoms with Crippen LogP contribution in [0.3, 0.4) is 0 Å². The Labute approximate surface area is 98.2 Å². The Balaban J connectivity index is 2.77. The first-order valence-electron chi connectivity index (χ1n) is 5.75. The molecule has 0 bridgehead atoms. The molecular formula is C13H22N2O. The minimum atomic E-state index is 0.473. The molecule has 0 aliphatic rings. The van der Waals surface area contributed by atoms with Crippen LogP contribution in [0.15, 0.2) is 18.2 Å². The van der Waals surface area contributed by atoms with Crippen molar-refractivity contribution in [3.8, 4) is 5.75 Å². The van der Waals surface area contributed by atoms with Crippen LogP contribution < -0.4 is 15.4 Å². The van der Waals surface area contributed by atoms with Gasteiger partial charge in [-0.2, -0.15) is 0 Å². The van der Waals surface area contributed by atoms with Crippen molar-refractivity contribution in [2.24, 2.45) is 0 Å². The zero-order chi connectivity index (χ0) is 12.0. The van der Waals surface area contributed by atoms with E-state index in [9.17, 15) is 0 Å². The average Bonchev–Trinajstić information content (AvgIpc) is 2.29. The van der Waals surface area contributed by atoms with Gasteiger partial charge in [0.2, 0.25) is 0 Å². The Kier molecular flexibility index (Phi) is 5.12. The number of hydrogen-bond acceptors (Lipinski definition) is 3. The largest absolute Gasteiger partial charge is 0.496 e. The van der Waals surface area contributed by atoms with Gasteiger partial charge >= 0.3 is 0 Å². The smallest absolute Gasteiger partial charge is 0.122 e. The third kappa shape index (κ3) is 3.42. The molecule has 0 saturated carbocycles. The lowest BCUT2D eigenvalue weighted by Gasteiger charge is -2.14. The van der Waals surface area contributed by atoms with Crippen molar-refractivity contribution in [3.63, 3.8) is 0 Å². The lowest BCUT2D eigenvalue weighted by atomic mass is 10.0. The van der Waals surface area contributed by atoms with Crippen molar-refractivity contribution in [2.75, 3.05) is 32.6 Å². The first-order valence-corrected chi connectivity index (χ1v) is 5.75. The van der Waals surface area contributed by atoms with E-state index in [0.29, 0.717) is 5.92 Å². The van der Waals surface area contributed by atoms with Gasteiger partial charge in [-0.1, -0.05) is 13.8 Å². The molecule has 1 aromatic rings. The van der Waals surface area contributed by atoms with E-state index in [-0.39, 0.29) is 0 Å². The molecule has 1 rings (SSSR count). The van der Waals surface area contributed by atoms with Crippen LogP contribution in [-0.4, -0.2) is 27.2 Å². The molecule has 0 saturated heterocycles. The standard InChI is InChI=1S/C13H22N2O/c1-10(2)12-9-11(15-8-7-14-3)5-6-13(12)16-4/h5-6,9-10,14-15H,7-8H2,1-4H3. The van der Waals surface area contributed by atoms with E-state index in [4.69, 9.17) is 4.74 Å². The number of methoxy groups -OCH3 is 1. The predicted molar refractivity (Wildman–Crippen MR) is 69.5 cm³/mol. The van der Waals surface area contributed by atoms with Crippen LogP contribution in [0.1, 0.15) is 25.3 Å². The van der Waals surface area contributed by atoms with Crippen molar-refractivity contribution >= 4 is 5.69 Å². The molecule has 3 heteroatoms. The van der Waals surface area contributed by atoms with Crippen LogP contribution >= 0.6 is 0 Å². The molecule has 0 atom stereocenters. The molecule has 0 heterocycles. The van der Waals surface area contributed by atoms with Crippen LogP contribution in [0.25, 0.3) is 0 Å². The normalized spacial score (nSPS) is 10.6. The first kappa shape index (κ1) is 12.8. The van der Waals surface area contributed by atoms with Crippen LogP contribution in [0.4, 0.5) is 5.69 Å². The van der Waals surface area contributed by atoms with E-state index >= 15 is 0 Å². The van der Waals surface area contributed by atoms with Gasteiger partial charge in [0.25, 0.3) is 0 Å². The van der Waals surface area contributed by atoms with Gasteiger partial charge < -0.3 is 15.4 Å². The van der Waals surface area contributed by atoms with Crippen LogP contribution in [0.5, 0.6) is 5.75 Å². The maximum absolute atomic E-state index is 5.35. The van der Waals surface area contributed by atoms with E-state index < -0.39 is 0 Å². The maximum atomic E-state index is 5.35. The van der Waals surface area contributed by atoms with Crippen molar-refractivity contribution in [2.45, 2.75) is 19.8 Å². The molecule has 2 N–H and O–H groups in total. The molecule has 0 aliphatic carbocycles. The van der Waals surface area contributed by atoms with Gasteiger partial charge in [0.05, 0.1) is 7.11 Å². The summed E-state index contributed by atoms with van der Waals surface area (Å²) >= 11 is 0. The summed E-state index contributed by atoms with van der Waals surface area (Å²) in [5.41, 5.74) is 2.40. The highest BCUT2D eigenvalue weighted by Crippen LogP contribution is 2.28. The van der Waals surface area contributed by atoms with E-state index in [1.165, 1.54) is 5.56 Å². The summed E-state index contributed by atoms with van der Waals surface area (Å²) in [6.45, 7) is 6.24. The fourth-order valence-corrected chi connectivity index (χ4v) is 1.63. The van der Waals surface area contributed by atoms with Crippen LogP contribution in [0, 0.1) is 0 Å². The van der Waals surface area contributed by atoms with Gasteiger partial charge in [-0.25, -0.2) is 0 Å². The van der Waals surface area contributed by atoms with E-state index in [0.717, 1.165) is 24.5 Å². The fraction of sp³-hybridized carbons (Fsp3) is 0.538. The van der Waals surface area contributed by atoms with Gasteiger partial charge in [-0.05, 0) is 36.7 Å². The minimum absolute atomic E-state index is 0.473. The predicted octanol–water partition coefficient (Wildman–Crippen LogP) is 2.45. The SMILES string of the molecule is CNCCNc1ccc(OC)c(C(C)C)c1. The van der Waals surface area contributed by atoms with E-state index in [1.54, 1.807) is 7.11 Å². The topological polar surface area (TPSA) is 33.3 Å². The fourth-order valence-electron chi connectivity index (χ4n) is 1.63. The van der Waals surface area contributed by atoms with Gasteiger partial charge in [-0.3, -0.25) is 0 Å². The molecule has 0 aromatic heterocycles. The van der Waals surface area contributed by atoms with E-state index in [1.807, 2.05) is 13.1 Å². The van der Waals surface area contributed by atoms with Gasteiger partial charge in [-0.15, -0.1) is 0 Å². The molecular weight excluding hydrogens is 200 g/mol. The second kappa shape index (κ2) is 6.38. The van der Waals surface area contributed by atoms with E-state index in [2.05, 4.69) is 36.6 Å². The Bertz CT molecular complexity index is 324. The Morgan fingerprint density at radius 1 is 1.25 bits per heavy atom. The number of hydrogen-bond donors (Lipinski definition) is 2. The molecule has 0 fully saturated rings. The molecule has 0 spiro atoms. The summed E-state index contributed by atoms with van der Waals surface area (Å²) < 4.78 is 5.35. The average molecular weight is 222 g/mol. The Morgan fingerprint density at radius 3 is 2.56 bits per heavy atom. The van der Waals surface area contributed by atoms with Crippen molar-refractivity contribution in [1.82, 2.24) is 5.32 Å². The molecule has 0 aliphatic heterocycles. The molecule has 0 unspecified atom stereocenters. The second-order valence-electron chi connectivity index (χ2n) is 4.14. The van der Waals surface area contributed by atoms with Crippen molar-refractivity contribution in [1.29, 1.82) is 0 Å². The summed E-state index contributed by atoms with van der Waals surface area (Å²) in [5, 5.41) is 6.48. The molecule has 90 valence electrons. The summed E-state index contributed by atoms with van der Waals surface area (Å²) in [4.78, 5) is 0. The third-order valence-electron chi connectivity index (χ3n) is 2.56. The number of nitrogens with one attached hydrogen (secondary N) is 2. The van der Waals surface area contributed by atoms with Gasteiger partial charge in [0.15, 0.2) is 0 Å². The second-order valence-corrected chi connectivity index (χ2v) is 4.14. The zero-order valence-electron chi connectivity index (χ0n) is 10.6. The highest BCUT2D eigenvalue weighted by atomic mass is 16.5. The van der Waals surface area contributed by atoms with Crippen molar-refractivity contribution in [3.05, 3.63) is 23.8 Å². The number of ether oxygens (including phenoxy) is 1. The maximum Gasteiger partial charge on any atom is 0.122 e. The number of benzene rings is 1. The highest BCUT2D eigenvalue weighted by molar-refractivity contribution is 5.52. The highest BCUT2D eigenvalue weighted by Gasteiger charge is 2.07. The zero-order valence-corrected chi connectivity index (χ0v) is 10.6.